The van der Waals surface area contributed by atoms with Gasteiger partial charge in [0.15, 0.2) is 0 Å². The Morgan fingerprint density at radius 2 is 0.730 bits per heavy atom. The fraction of sp³-hybridized carbons (Fsp3) is 0.900. The third kappa shape index (κ3) is 5.19. The lowest BCUT2D eigenvalue weighted by Gasteiger charge is -2.56. The summed E-state index contributed by atoms with van der Waals surface area (Å²) in [5, 5.41) is 0.363. The van der Waals surface area contributed by atoms with E-state index >= 15 is 0 Å². The van der Waals surface area contributed by atoms with Crippen molar-refractivity contribution in [3.8, 4) is 0 Å². The van der Waals surface area contributed by atoms with Crippen LogP contribution in [-0.4, -0.2) is 53.4 Å². The first-order valence-electron chi connectivity index (χ1n) is 14.6. The molecule has 0 saturated carbocycles. The number of aromatic nitrogens is 3. The molecule has 0 N–H and O–H groups in total. The van der Waals surface area contributed by atoms with E-state index in [4.69, 9.17) is 27.6 Å². The molecule has 3 fully saturated rings. The van der Waals surface area contributed by atoms with Gasteiger partial charge in [0.25, 0.3) is 0 Å². The van der Waals surface area contributed by atoms with Gasteiger partial charge in [-0.15, -0.1) is 0 Å². The van der Waals surface area contributed by atoms with Crippen LogP contribution in [0.1, 0.15) is 134 Å². The van der Waals surface area contributed by atoms with Crippen LogP contribution in [0.15, 0.2) is 0 Å². The molecule has 1 aromatic heterocycles. The highest BCUT2D eigenvalue weighted by atomic mass is 32.1. The van der Waals surface area contributed by atoms with Gasteiger partial charge in [-0.25, -0.2) is 0 Å². The van der Waals surface area contributed by atoms with Crippen LogP contribution in [0.25, 0.3) is 0 Å². The van der Waals surface area contributed by atoms with Gasteiger partial charge in [0, 0.05) is 38.5 Å². The Hall–Kier alpha value is -1.24. The zero-order chi connectivity index (χ0) is 27.8. The molecule has 3 saturated heterocycles. The van der Waals surface area contributed by atoms with E-state index in [2.05, 4.69) is 97.8 Å². The summed E-state index contributed by atoms with van der Waals surface area (Å²) in [5.74, 6) is 2.46. The van der Waals surface area contributed by atoms with Crippen molar-refractivity contribution in [2.75, 3.05) is 14.7 Å². The maximum Gasteiger partial charge on any atom is 0.232 e. The average molecular weight is 531 g/mol. The van der Waals surface area contributed by atoms with E-state index in [1.807, 2.05) is 0 Å². The lowest BCUT2D eigenvalue weighted by Crippen LogP contribution is -2.63. The molecule has 0 spiro atoms. The van der Waals surface area contributed by atoms with Crippen LogP contribution in [0, 0.1) is 0 Å². The molecule has 0 radical (unpaired) electrons. The number of anilines is 3. The molecule has 3 aliphatic rings. The Bertz CT molecular complexity index is 905. The molecule has 0 atom stereocenters. The van der Waals surface area contributed by atoms with E-state index in [0.717, 1.165) is 56.4 Å². The van der Waals surface area contributed by atoms with Crippen molar-refractivity contribution in [2.45, 2.75) is 173 Å². The van der Waals surface area contributed by atoms with Gasteiger partial charge < -0.3 is 14.7 Å². The average Bonchev–Trinajstić information content (AvgIpc) is 2.62. The second-order valence-corrected chi connectivity index (χ2v) is 16.6. The van der Waals surface area contributed by atoms with Crippen LogP contribution in [0.5, 0.6) is 0 Å². The summed E-state index contributed by atoms with van der Waals surface area (Å²) in [6.45, 7) is 28.1. The third-order valence-corrected chi connectivity index (χ3v) is 9.82. The minimum Gasteiger partial charge on any atom is -0.330 e. The van der Waals surface area contributed by atoms with E-state index in [0.29, 0.717) is 5.25 Å². The highest BCUT2D eigenvalue weighted by Crippen LogP contribution is 2.47. The van der Waals surface area contributed by atoms with E-state index in [1.54, 1.807) is 0 Å². The van der Waals surface area contributed by atoms with Crippen molar-refractivity contribution in [3.63, 3.8) is 0 Å². The molecular weight excluding hydrogens is 476 g/mol. The monoisotopic (exact) mass is 530 g/mol. The maximum atomic E-state index is 5.36. The van der Waals surface area contributed by atoms with Crippen LogP contribution in [0.4, 0.5) is 17.8 Å². The second kappa shape index (κ2) is 8.89. The van der Waals surface area contributed by atoms with Gasteiger partial charge in [-0.05, 0) is 134 Å². The zero-order valence-electron chi connectivity index (χ0n) is 25.9. The Morgan fingerprint density at radius 1 is 0.486 bits per heavy atom. The molecule has 0 amide bonds. The molecule has 0 aromatic carbocycles. The minimum absolute atomic E-state index is 0.0340. The summed E-state index contributed by atoms with van der Waals surface area (Å²) in [6.07, 6.45) is 8.98. The van der Waals surface area contributed by atoms with Gasteiger partial charge >= 0.3 is 0 Å². The molecule has 4 rings (SSSR count). The predicted octanol–water partition coefficient (Wildman–Crippen LogP) is 7.42. The van der Waals surface area contributed by atoms with Crippen LogP contribution < -0.4 is 14.7 Å². The smallest absolute Gasteiger partial charge is 0.232 e. The molecule has 0 aliphatic carbocycles. The third-order valence-electron chi connectivity index (χ3n) is 9.46. The molecule has 0 unspecified atom stereocenters. The number of thiol groups is 1. The standard InChI is InChI=1S/C30H54N6S/c1-25(2)15-13-16-26(3,4)34(25)22-31-23(35-27(5,6)17-14-18-28(35,7)8)33-24(32-22)36-29(9,10)19-21(37)20-30(36,11)12/h21,37H,13-20H2,1-12H3. The largest absolute Gasteiger partial charge is 0.330 e. The summed E-state index contributed by atoms with van der Waals surface area (Å²) in [7, 11) is 0. The lowest BCUT2D eigenvalue weighted by molar-refractivity contribution is 0.230. The molecule has 37 heavy (non-hydrogen) atoms. The van der Waals surface area contributed by atoms with Crippen molar-refractivity contribution in [2.24, 2.45) is 0 Å². The Morgan fingerprint density at radius 3 is 1.00 bits per heavy atom. The SMILES string of the molecule is CC1(C)CCCC(C)(C)N1c1nc(N2C(C)(C)CCCC2(C)C)nc(N2C(C)(C)CC(S)CC2(C)C)n1. The summed E-state index contributed by atoms with van der Waals surface area (Å²) in [6, 6.07) is 0. The molecule has 210 valence electrons. The van der Waals surface area contributed by atoms with Crippen molar-refractivity contribution in [1.82, 2.24) is 15.0 Å². The van der Waals surface area contributed by atoms with Gasteiger partial charge in [0.1, 0.15) is 0 Å². The molecule has 4 heterocycles. The minimum atomic E-state index is -0.121. The predicted molar refractivity (Wildman–Crippen MR) is 161 cm³/mol. The lowest BCUT2D eigenvalue weighted by atomic mass is 9.79. The quantitative estimate of drug-likeness (QED) is 0.410. The first-order chi connectivity index (χ1) is 16.7. The van der Waals surface area contributed by atoms with Crippen molar-refractivity contribution in [3.05, 3.63) is 0 Å². The molecule has 0 bridgehead atoms. The van der Waals surface area contributed by atoms with E-state index in [9.17, 15) is 0 Å². The Kier molecular flexibility index (Phi) is 6.91. The fourth-order valence-corrected chi connectivity index (χ4v) is 9.38. The van der Waals surface area contributed by atoms with Crippen LogP contribution in [0.2, 0.25) is 0 Å². The Balaban J connectivity index is 1.98. The highest BCUT2D eigenvalue weighted by molar-refractivity contribution is 7.80. The van der Waals surface area contributed by atoms with Gasteiger partial charge in [-0.1, -0.05) is 0 Å². The number of piperidine rings is 3. The zero-order valence-corrected chi connectivity index (χ0v) is 26.8. The van der Waals surface area contributed by atoms with Crippen molar-refractivity contribution < 1.29 is 0 Å². The summed E-state index contributed by atoms with van der Waals surface area (Å²) in [5.41, 5.74) is -0.378. The van der Waals surface area contributed by atoms with Gasteiger partial charge in [0.2, 0.25) is 17.8 Å². The molecule has 7 heteroatoms. The number of hydrogen-bond donors (Lipinski definition) is 1. The van der Waals surface area contributed by atoms with E-state index < -0.39 is 0 Å². The molecular formula is C30H54N6S. The van der Waals surface area contributed by atoms with E-state index in [1.165, 1.54) is 12.8 Å². The van der Waals surface area contributed by atoms with Crippen LogP contribution >= 0.6 is 12.6 Å². The van der Waals surface area contributed by atoms with Crippen molar-refractivity contribution in [1.29, 1.82) is 0 Å². The first kappa shape index (κ1) is 28.8. The fourth-order valence-electron chi connectivity index (χ4n) is 8.49. The summed E-state index contributed by atoms with van der Waals surface area (Å²) < 4.78 is 0. The van der Waals surface area contributed by atoms with E-state index in [-0.39, 0.29) is 33.2 Å². The molecule has 1 aromatic rings. The van der Waals surface area contributed by atoms with Gasteiger partial charge in [0.05, 0.1) is 0 Å². The Labute approximate surface area is 232 Å². The maximum absolute atomic E-state index is 5.36. The number of rotatable bonds is 3. The molecule has 3 aliphatic heterocycles. The number of hydrogen-bond acceptors (Lipinski definition) is 7. The van der Waals surface area contributed by atoms with Crippen molar-refractivity contribution >= 4 is 30.5 Å². The summed E-state index contributed by atoms with van der Waals surface area (Å²) in [4.78, 5) is 23.6. The van der Waals surface area contributed by atoms with Crippen LogP contribution in [-0.2, 0) is 0 Å². The first-order valence-corrected chi connectivity index (χ1v) is 15.1. The molecule has 6 nitrogen and oxygen atoms in total. The van der Waals surface area contributed by atoms with Gasteiger partial charge in [-0.2, -0.15) is 27.6 Å². The normalized spacial score (nSPS) is 28.3. The second-order valence-electron chi connectivity index (χ2n) is 15.9. The highest BCUT2D eigenvalue weighted by Gasteiger charge is 2.49. The summed E-state index contributed by atoms with van der Waals surface area (Å²) >= 11 is 4.94. The van der Waals surface area contributed by atoms with Gasteiger partial charge in [-0.3, -0.25) is 0 Å². The number of nitrogens with zero attached hydrogens (tertiary/aromatic N) is 6. The topological polar surface area (TPSA) is 48.4 Å². The van der Waals surface area contributed by atoms with Crippen LogP contribution in [0.3, 0.4) is 0 Å².